The van der Waals surface area contributed by atoms with Gasteiger partial charge in [-0.1, -0.05) is 47.5 Å². The summed E-state index contributed by atoms with van der Waals surface area (Å²) < 4.78 is 33.3. The molecule has 4 N–H and O–H groups in total. The van der Waals surface area contributed by atoms with Gasteiger partial charge in [-0.2, -0.15) is 0 Å². The molecule has 0 radical (unpaired) electrons. The van der Waals surface area contributed by atoms with Crippen LogP contribution in [0.4, 0.5) is 20.3 Å². The number of anilines is 2. The van der Waals surface area contributed by atoms with Crippen molar-refractivity contribution >= 4 is 40.6 Å². The second-order valence-electron chi connectivity index (χ2n) is 10.6. The third-order valence-corrected chi connectivity index (χ3v) is 8.34. The highest BCUT2D eigenvalue weighted by Crippen LogP contribution is 2.41. The maximum atomic E-state index is 15.2. The molecule has 1 saturated heterocycles. The van der Waals surface area contributed by atoms with E-state index in [1.807, 2.05) is 24.3 Å². The van der Waals surface area contributed by atoms with Crippen molar-refractivity contribution in [3.05, 3.63) is 87.9 Å². The Labute approximate surface area is 270 Å². The van der Waals surface area contributed by atoms with Gasteiger partial charge < -0.3 is 26.0 Å². The number of amides is 1. The number of nitrogens with zero attached hydrogens (tertiary/aromatic N) is 2. The number of rotatable bonds is 14. The van der Waals surface area contributed by atoms with Crippen molar-refractivity contribution < 1.29 is 18.3 Å². The number of halogens is 4. The van der Waals surface area contributed by atoms with Gasteiger partial charge in [0.05, 0.1) is 35.2 Å². The first-order valence-corrected chi connectivity index (χ1v) is 15.4. The molecule has 1 atom stereocenters. The van der Waals surface area contributed by atoms with Gasteiger partial charge in [-0.25, -0.2) is 9.37 Å². The van der Waals surface area contributed by atoms with Gasteiger partial charge in [-0.05, 0) is 43.7 Å². The van der Waals surface area contributed by atoms with Crippen molar-refractivity contribution in [1.29, 1.82) is 0 Å². The fraction of sp³-hybridized carbons (Fsp3) is 0.303. The Kier molecular flexibility index (Phi) is 11.2. The average molecular weight is 656 g/mol. The van der Waals surface area contributed by atoms with Crippen molar-refractivity contribution in [3.63, 3.8) is 0 Å². The number of carbonyl (C=O) groups excluding carboxylic acids is 1. The lowest BCUT2D eigenvalue weighted by atomic mass is 10.0. The first-order chi connectivity index (χ1) is 21.9. The van der Waals surface area contributed by atoms with Crippen molar-refractivity contribution in [1.82, 2.24) is 25.9 Å². The lowest BCUT2D eigenvalue weighted by Gasteiger charge is -2.16. The Morgan fingerprint density at radius 3 is 2.58 bits per heavy atom. The fourth-order valence-corrected chi connectivity index (χ4v) is 5.79. The minimum Gasteiger partial charge on any atom is -0.496 e. The van der Waals surface area contributed by atoms with Crippen molar-refractivity contribution in [2.24, 2.45) is 0 Å². The molecule has 3 heterocycles. The zero-order valence-electron chi connectivity index (χ0n) is 24.7. The fourth-order valence-electron chi connectivity index (χ4n) is 5.19. The molecule has 1 aliphatic rings. The van der Waals surface area contributed by atoms with Crippen LogP contribution in [0.15, 0.2) is 60.9 Å². The average Bonchev–Trinajstić information content (AvgIpc) is 3.47. The second-order valence-corrected chi connectivity index (χ2v) is 11.4. The summed E-state index contributed by atoms with van der Waals surface area (Å²) in [5.74, 6) is 0.271. The topological polar surface area (TPSA) is 100 Å². The number of carbonyl (C=O) groups is 1. The summed E-state index contributed by atoms with van der Waals surface area (Å²) in [5.41, 5.74) is 4.41. The summed E-state index contributed by atoms with van der Waals surface area (Å²) in [6.45, 7) is 1.50. The van der Waals surface area contributed by atoms with E-state index in [0.29, 0.717) is 76.3 Å². The molecule has 5 rings (SSSR count). The van der Waals surface area contributed by atoms with E-state index in [0.717, 1.165) is 17.5 Å². The van der Waals surface area contributed by atoms with E-state index in [2.05, 4.69) is 31.2 Å². The quantitative estimate of drug-likeness (QED) is 0.111. The molecule has 1 unspecified atom stereocenters. The molecule has 0 aliphatic carbocycles. The number of pyridine rings is 2. The Bertz CT molecular complexity index is 1660. The molecule has 45 heavy (non-hydrogen) atoms. The molecule has 0 saturated carbocycles. The van der Waals surface area contributed by atoms with Crippen LogP contribution < -0.4 is 26.0 Å². The minimum atomic E-state index is -0.520. The molecule has 1 aliphatic heterocycles. The molecule has 1 amide bonds. The van der Waals surface area contributed by atoms with Crippen molar-refractivity contribution in [2.75, 3.05) is 32.2 Å². The Morgan fingerprint density at radius 2 is 1.80 bits per heavy atom. The van der Waals surface area contributed by atoms with Gasteiger partial charge in [-0.15, -0.1) is 0 Å². The van der Waals surface area contributed by atoms with Gasteiger partial charge >= 0.3 is 0 Å². The first kappa shape index (κ1) is 32.6. The lowest BCUT2D eigenvalue weighted by molar-refractivity contribution is -0.119. The third-order valence-electron chi connectivity index (χ3n) is 7.55. The van der Waals surface area contributed by atoms with E-state index < -0.39 is 12.5 Å². The van der Waals surface area contributed by atoms with E-state index in [9.17, 15) is 9.18 Å². The summed E-state index contributed by atoms with van der Waals surface area (Å²) in [7, 11) is 1.61. The summed E-state index contributed by atoms with van der Waals surface area (Å²) in [6.07, 6.45) is 4.92. The maximum Gasteiger partial charge on any atom is 0.220 e. The van der Waals surface area contributed by atoms with Crippen LogP contribution in [0, 0.1) is 5.82 Å². The van der Waals surface area contributed by atoms with Gasteiger partial charge in [-0.3, -0.25) is 14.2 Å². The van der Waals surface area contributed by atoms with Crippen LogP contribution >= 0.6 is 23.2 Å². The largest absolute Gasteiger partial charge is 0.496 e. The van der Waals surface area contributed by atoms with Gasteiger partial charge in [0.2, 0.25) is 5.91 Å². The Balaban J connectivity index is 1.35. The van der Waals surface area contributed by atoms with Gasteiger partial charge in [0, 0.05) is 72.3 Å². The summed E-state index contributed by atoms with van der Waals surface area (Å²) >= 11 is 13.8. The number of aromatic nitrogens is 2. The number of hydrogen-bond donors (Lipinski definition) is 4. The molecular formula is C33H34Cl2F2N6O2. The molecule has 0 bridgehead atoms. The number of ether oxygens (including phenoxy) is 1. The zero-order chi connectivity index (χ0) is 31.8. The SMILES string of the molecule is COc1cc(-c2nccc(-c3cccc(Nc4nccc(CNCCCF)c4F)c3Cl)c2Cl)ccc1CNCC1CCC(=O)N1. The molecule has 2 aromatic heterocycles. The van der Waals surface area contributed by atoms with Crippen LogP contribution in [-0.2, 0) is 17.9 Å². The van der Waals surface area contributed by atoms with E-state index in [1.165, 1.54) is 6.20 Å². The Hall–Kier alpha value is -3.83. The van der Waals surface area contributed by atoms with E-state index in [1.54, 1.807) is 37.6 Å². The summed E-state index contributed by atoms with van der Waals surface area (Å²) in [5, 5.41) is 13.1. The van der Waals surface area contributed by atoms with Gasteiger partial charge in [0.15, 0.2) is 11.6 Å². The number of alkyl halides is 1. The van der Waals surface area contributed by atoms with Gasteiger partial charge in [0.1, 0.15) is 5.75 Å². The highest BCUT2D eigenvalue weighted by Gasteiger charge is 2.21. The first-order valence-electron chi connectivity index (χ1n) is 14.7. The van der Waals surface area contributed by atoms with Crippen molar-refractivity contribution in [2.45, 2.75) is 38.4 Å². The number of methoxy groups -OCH3 is 1. The molecule has 4 aromatic rings. The van der Waals surface area contributed by atoms with E-state index >= 15 is 4.39 Å². The predicted octanol–water partition coefficient (Wildman–Crippen LogP) is 6.83. The molecule has 2 aromatic carbocycles. The second kappa shape index (κ2) is 15.4. The standard InChI is InChI=1S/C33H34Cl2F2N6O2/c1-45-27-16-20(6-7-21(27)17-39-19-23-8-9-28(44)42-23)32-30(35)25(11-15-40-32)24-4-2-5-26(29(24)34)43-33-31(37)22(10-14-41-33)18-38-13-3-12-36/h2,4-7,10-11,14-16,23,38-39H,3,8-9,12-13,17-19H2,1H3,(H,41,43)(H,42,44). The zero-order valence-corrected chi connectivity index (χ0v) is 26.2. The van der Waals surface area contributed by atoms with Crippen LogP contribution in [-0.4, -0.2) is 48.8 Å². The Morgan fingerprint density at radius 1 is 1.00 bits per heavy atom. The molecule has 1 fully saturated rings. The lowest BCUT2D eigenvalue weighted by Crippen LogP contribution is -2.35. The van der Waals surface area contributed by atoms with Crippen LogP contribution in [0.2, 0.25) is 10.0 Å². The molecule has 8 nitrogen and oxygen atoms in total. The highest BCUT2D eigenvalue weighted by molar-refractivity contribution is 6.39. The normalized spacial score (nSPS) is 14.4. The minimum absolute atomic E-state index is 0.0232. The monoisotopic (exact) mass is 654 g/mol. The van der Waals surface area contributed by atoms with E-state index in [-0.39, 0.29) is 24.3 Å². The predicted molar refractivity (Wildman–Crippen MR) is 174 cm³/mol. The molecule has 236 valence electrons. The van der Waals surface area contributed by atoms with Crippen LogP contribution in [0.5, 0.6) is 5.75 Å². The molecule has 12 heteroatoms. The van der Waals surface area contributed by atoms with Crippen molar-refractivity contribution in [3.8, 4) is 28.1 Å². The van der Waals surface area contributed by atoms with Crippen LogP contribution in [0.3, 0.4) is 0 Å². The molecular weight excluding hydrogens is 621 g/mol. The smallest absolute Gasteiger partial charge is 0.220 e. The maximum absolute atomic E-state index is 15.2. The van der Waals surface area contributed by atoms with Gasteiger partial charge in [0.25, 0.3) is 0 Å². The number of benzene rings is 2. The van der Waals surface area contributed by atoms with E-state index in [4.69, 9.17) is 27.9 Å². The van der Waals surface area contributed by atoms with Crippen LogP contribution in [0.1, 0.15) is 30.4 Å². The number of hydrogen-bond acceptors (Lipinski definition) is 7. The summed E-state index contributed by atoms with van der Waals surface area (Å²) in [4.78, 5) is 20.2. The molecule has 0 spiro atoms. The summed E-state index contributed by atoms with van der Waals surface area (Å²) in [6, 6.07) is 14.6. The third kappa shape index (κ3) is 7.88. The number of nitrogens with one attached hydrogen (secondary N) is 4. The van der Waals surface area contributed by atoms with Crippen LogP contribution in [0.25, 0.3) is 22.4 Å². The highest BCUT2D eigenvalue weighted by atomic mass is 35.5.